The van der Waals surface area contributed by atoms with Crippen molar-refractivity contribution in [1.82, 2.24) is 5.06 Å². The zero-order valence-corrected chi connectivity index (χ0v) is 37.4. The number of imide groups is 1. The zero-order valence-electron chi connectivity index (χ0n) is 35.8. The average Bonchev–Trinajstić information content (AvgIpc) is 3.75. The van der Waals surface area contributed by atoms with Crippen molar-refractivity contribution >= 4 is 56.8 Å². The molecule has 10 nitrogen and oxygen atoms in total. The summed E-state index contributed by atoms with van der Waals surface area (Å²) < 4.78 is 34.7. The van der Waals surface area contributed by atoms with Gasteiger partial charge in [0.25, 0.3) is 21.9 Å². The number of fused-ring (bicyclic) bond motifs is 2. The molecule has 0 saturated carbocycles. The van der Waals surface area contributed by atoms with Crippen LogP contribution in [0.5, 0.6) is 0 Å². The monoisotopic (exact) mass is 862 g/mol. The number of thioether (sulfide) groups is 1. The van der Waals surface area contributed by atoms with E-state index in [1.165, 1.54) is 33.7 Å². The van der Waals surface area contributed by atoms with E-state index >= 15 is 0 Å². The molecule has 0 aromatic heterocycles. The van der Waals surface area contributed by atoms with E-state index in [1.54, 1.807) is 23.9 Å². The van der Waals surface area contributed by atoms with Gasteiger partial charge in [-0.3, -0.25) is 14.1 Å². The van der Waals surface area contributed by atoms with E-state index in [2.05, 4.69) is 111 Å². The lowest BCUT2D eigenvalue weighted by molar-refractivity contribution is -0.438. The minimum absolute atomic E-state index is 0.0279. The molecule has 4 aliphatic rings. The largest absolute Gasteiger partial charge is 0.363 e. The highest BCUT2D eigenvalue weighted by Crippen LogP contribution is 2.49. The molecule has 3 aromatic carbocycles. The number of amides is 2. The molecular formula is C49H56N3O7S2+. The van der Waals surface area contributed by atoms with Gasteiger partial charge in [0.2, 0.25) is 5.69 Å². The molecule has 0 bridgehead atoms. The number of carbonyl (C=O) groups excluding carboxylic acids is 3. The fourth-order valence-electron chi connectivity index (χ4n) is 8.92. The molecular weight excluding hydrogens is 807 g/mol. The van der Waals surface area contributed by atoms with Gasteiger partial charge < -0.3 is 9.74 Å². The van der Waals surface area contributed by atoms with Crippen LogP contribution >= 0.6 is 11.8 Å². The first-order chi connectivity index (χ1) is 29.1. The molecule has 1 N–H and O–H groups in total. The molecule has 0 radical (unpaired) electrons. The number of para-hydroxylation sites is 2. The first-order valence-corrected chi connectivity index (χ1v) is 23.8. The first-order valence-electron chi connectivity index (χ1n) is 21.4. The lowest BCUT2D eigenvalue weighted by atomic mass is 9.81. The highest BCUT2D eigenvalue weighted by Gasteiger charge is 2.44. The van der Waals surface area contributed by atoms with Crippen LogP contribution in [0.3, 0.4) is 0 Å². The maximum atomic E-state index is 13.0. The summed E-state index contributed by atoms with van der Waals surface area (Å²) in [4.78, 5) is 46.9. The summed E-state index contributed by atoms with van der Waals surface area (Å²) in [6.45, 7) is 12.8. The predicted octanol–water partition coefficient (Wildman–Crippen LogP) is 10.1. The van der Waals surface area contributed by atoms with Crippen LogP contribution in [-0.2, 0) is 35.4 Å². The topological polar surface area (TPSA) is 124 Å². The van der Waals surface area contributed by atoms with Crippen LogP contribution in [0.2, 0.25) is 0 Å². The molecule has 1 saturated heterocycles. The zero-order chi connectivity index (χ0) is 43.5. The van der Waals surface area contributed by atoms with Crippen LogP contribution in [0.4, 0.5) is 11.4 Å². The number of hydrogen-bond acceptors (Lipinski definition) is 8. The Bertz CT molecular complexity index is 2480. The van der Waals surface area contributed by atoms with Crippen LogP contribution < -0.4 is 4.90 Å². The highest BCUT2D eigenvalue weighted by molar-refractivity contribution is 8.03. The van der Waals surface area contributed by atoms with Crippen molar-refractivity contribution in [2.45, 2.75) is 108 Å². The lowest BCUT2D eigenvalue weighted by Crippen LogP contribution is -2.32. The number of anilines is 1. The summed E-state index contributed by atoms with van der Waals surface area (Å²) in [5.41, 5.74) is 9.43. The molecule has 1 fully saturated rings. The minimum atomic E-state index is -4.04. The smallest absolute Gasteiger partial charge is 0.344 e. The summed E-state index contributed by atoms with van der Waals surface area (Å²) in [5, 5.41) is 0.568. The average molecular weight is 863 g/mol. The van der Waals surface area contributed by atoms with Gasteiger partial charge in [0.1, 0.15) is 6.54 Å². The summed E-state index contributed by atoms with van der Waals surface area (Å²) in [5.74, 6) is -2.08. The Morgan fingerprint density at radius 2 is 1.52 bits per heavy atom. The molecule has 3 aromatic rings. The minimum Gasteiger partial charge on any atom is -0.344 e. The molecule has 3 heterocycles. The van der Waals surface area contributed by atoms with E-state index in [-0.39, 0.29) is 35.0 Å². The number of rotatable bonds is 15. The maximum Gasteiger partial charge on any atom is 0.363 e. The summed E-state index contributed by atoms with van der Waals surface area (Å²) >= 11 is 1.65. The second kappa shape index (κ2) is 18.1. The van der Waals surface area contributed by atoms with Crippen molar-refractivity contribution < 1.29 is 36.8 Å². The van der Waals surface area contributed by atoms with Crippen LogP contribution in [-0.4, -0.2) is 64.9 Å². The SMILES string of the molecule is CCCCN1/C(=C/C=C2\CCCC(/C=C/C3=[N+](CCCCS(=O)(=O)O)c4ccccc4C3(C)C)=C2Sc2ccc(C(=O)ON3C(=O)CCC3=O)cc2)C(C)(C)c2ccccc21. The van der Waals surface area contributed by atoms with Crippen LogP contribution in [0.1, 0.15) is 114 Å². The van der Waals surface area contributed by atoms with Crippen molar-refractivity contribution in [2.75, 3.05) is 23.7 Å². The third-order valence-corrected chi connectivity index (χ3v) is 14.3. The van der Waals surface area contributed by atoms with Gasteiger partial charge in [0.05, 0.1) is 16.7 Å². The number of benzene rings is 3. The predicted molar refractivity (Wildman–Crippen MR) is 242 cm³/mol. The number of nitrogens with zero attached hydrogens (tertiary/aromatic N) is 3. The number of allylic oxidation sites excluding steroid dienone is 7. The Morgan fingerprint density at radius 3 is 2.23 bits per heavy atom. The van der Waals surface area contributed by atoms with E-state index in [9.17, 15) is 27.4 Å². The Morgan fingerprint density at radius 1 is 0.836 bits per heavy atom. The standard InChI is InChI=1S/C49H55N3O7S2/c1-6-7-31-50-40-19-10-8-17-38(40)48(2,3)42(50)27-23-34-15-14-16-35(46(34)60-37-25-21-36(22-26-37)47(55)59-52-44(53)29-30-45(52)54)24-28-43-49(4,5)39-18-9-11-20-41(39)51(43)32-12-13-33-61(56,57)58/h8-11,17-28H,6-7,12-16,29-33H2,1-5H3/p+1. The van der Waals surface area contributed by atoms with Gasteiger partial charge in [-0.25, -0.2) is 4.79 Å². The third-order valence-electron chi connectivity index (χ3n) is 12.2. The lowest BCUT2D eigenvalue weighted by Gasteiger charge is -2.27. The van der Waals surface area contributed by atoms with Crippen molar-refractivity contribution in [3.8, 4) is 0 Å². The number of carbonyl (C=O) groups is 3. The van der Waals surface area contributed by atoms with Crippen molar-refractivity contribution in [3.63, 3.8) is 0 Å². The van der Waals surface area contributed by atoms with Gasteiger partial charge in [-0.2, -0.15) is 13.0 Å². The Labute approximate surface area is 364 Å². The maximum absolute atomic E-state index is 13.0. The van der Waals surface area contributed by atoms with E-state index < -0.39 is 27.9 Å². The van der Waals surface area contributed by atoms with E-state index in [4.69, 9.17) is 4.84 Å². The Hall–Kier alpha value is -5.04. The molecule has 320 valence electrons. The summed E-state index contributed by atoms with van der Waals surface area (Å²) in [6.07, 6.45) is 15.0. The van der Waals surface area contributed by atoms with Crippen molar-refractivity contribution in [3.05, 3.63) is 136 Å². The number of hydroxylamine groups is 2. The summed E-state index contributed by atoms with van der Waals surface area (Å²) in [7, 11) is -4.04. The Balaban J connectivity index is 1.27. The second-order valence-corrected chi connectivity index (χ2v) is 19.8. The highest BCUT2D eigenvalue weighted by atomic mass is 32.2. The molecule has 0 unspecified atom stereocenters. The molecule has 7 rings (SSSR count). The normalized spacial score (nSPS) is 19.8. The fourth-order valence-corrected chi connectivity index (χ4v) is 10.6. The van der Waals surface area contributed by atoms with Crippen molar-refractivity contribution in [2.24, 2.45) is 0 Å². The van der Waals surface area contributed by atoms with Gasteiger partial charge in [0, 0.05) is 70.1 Å². The fraction of sp³-hybridized carbons (Fsp3) is 0.388. The molecule has 0 atom stereocenters. The Kier molecular flexibility index (Phi) is 13.1. The summed E-state index contributed by atoms with van der Waals surface area (Å²) in [6, 6.07) is 24.1. The van der Waals surface area contributed by atoms with Crippen LogP contribution in [0.25, 0.3) is 0 Å². The van der Waals surface area contributed by atoms with Gasteiger partial charge in [-0.1, -0.05) is 87.5 Å². The molecule has 61 heavy (non-hydrogen) atoms. The van der Waals surface area contributed by atoms with E-state index in [1.807, 2.05) is 18.2 Å². The van der Waals surface area contributed by atoms with Gasteiger partial charge in [-0.15, -0.1) is 5.06 Å². The quantitative estimate of drug-likeness (QED) is 0.0688. The molecule has 2 amide bonds. The number of unbranched alkanes of at least 4 members (excludes halogenated alkanes) is 2. The van der Waals surface area contributed by atoms with Gasteiger partial charge in [-0.05, 0) is 99.1 Å². The van der Waals surface area contributed by atoms with E-state index in [0.717, 1.165) is 59.8 Å². The molecule has 12 heteroatoms. The van der Waals surface area contributed by atoms with Gasteiger partial charge >= 0.3 is 5.97 Å². The molecule has 1 aliphatic carbocycles. The van der Waals surface area contributed by atoms with E-state index in [0.29, 0.717) is 24.4 Å². The van der Waals surface area contributed by atoms with Crippen LogP contribution in [0.15, 0.2) is 124 Å². The molecule has 3 aliphatic heterocycles. The number of hydrogen-bond donors (Lipinski definition) is 1. The second-order valence-electron chi connectivity index (χ2n) is 17.2. The van der Waals surface area contributed by atoms with Gasteiger partial charge in [0.15, 0.2) is 5.71 Å². The first kappa shape index (κ1) is 44.0. The third kappa shape index (κ3) is 9.41. The van der Waals surface area contributed by atoms with Crippen LogP contribution in [0, 0.1) is 0 Å². The van der Waals surface area contributed by atoms with Crippen molar-refractivity contribution in [1.29, 1.82) is 0 Å². The molecule has 0 spiro atoms.